The van der Waals surface area contributed by atoms with Gasteiger partial charge in [-0.25, -0.2) is 8.78 Å². The highest BCUT2D eigenvalue weighted by molar-refractivity contribution is 14.1. The minimum Gasteiger partial charge on any atom is -0.323 e. The van der Waals surface area contributed by atoms with E-state index in [0.29, 0.717) is 19.5 Å². The van der Waals surface area contributed by atoms with E-state index in [0.717, 1.165) is 9.13 Å². The van der Waals surface area contributed by atoms with Gasteiger partial charge >= 0.3 is 0 Å². The Morgan fingerprint density at radius 1 is 1.35 bits per heavy atom. The highest BCUT2D eigenvalue weighted by Crippen LogP contribution is 2.26. The SMILES string of the molecule is NC1CCN(Cc2ccc(I)cc2)CC1(F)F. The first-order valence-corrected chi connectivity index (χ1v) is 6.65. The minimum absolute atomic E-state index is 0.236. The van der Waals surface area contributed by atoms with E-state index in [1.807, 2.05) is 24.3 Å². The minimum atomic E-state index is -2.76. The van der Waals surface area contributed by atoms with E-state index >= 15 is 0 Å². The number of rotatable bonds is 2. The van der Waals surface area contributed by atoms with Gasteiger partial charge in [0.25, 0.3) is 5.92 Å². The molecule has 1 heterocycles. The van der Waals surface area contributed by atoms with Crippen molar-refractivity contribution in [1.82, 2.24) is 4.90 Å². The lowest BCUT2D eigenvalue weighted by atomic mass is 10.0. The summed E-state index contributed by atoms with van der Waals surface area (Å²) < 4.78 is 28.0. The van der Waals surface area contributed by atoms with Crippen LogP contribution in [0.5, 0.6) is 0 Å². The molecule has 94 valence electrons. The molecule has 1 unspecified atom stereocenters. The summed E-state index contributed by atoms with van der Waals surface area (Å²) >= 11 is 2.23. The highest BCUT2D eigenvalue weighted by atomic mass is 127. The fraction of sp³-hybridized carbons (Fsp3) is 0.500. The van der Waals surface area contributed by atoms with E-state index in [1.165, 1.54) is 0 Å². The van der Waals surface area contributed by atoms with Gasteiger partial charge in [0.05, 0.1) is 12.6 Å². The second kappa shape index (κ2) is 5.16. The summed E-state index contributed by atoms with van der Waals surface area (Å²) in [7, 11) is 0. The summed E-state index contributed by atoms with van der Waals surface area (Å²) in [5.74, 6) is -2.76. The lowest BCUT2D eigenvalue weighted by Crippen LogP contribution is -2.54. The molecule has 1 aromatic carbocycles. The van der Waals surface area contributed by atoms with E-state index in [4.69, 9.17) is 5.73 Å². The van der Waals surface area contributed by atoms with Gasteiger partial charge in [-0.15, -0.1) is 0 Å². The van der Waals surface area contributed by atoms with Crippen molar-refractivity contribution >= 4 is 22.6 Å². The fourth-order valence-corrected chi connectivity index (χ4v) is 2.37. The standard InChI is InChI=1S/C12H15F2IN2/c13-12(14)8-17(6-5-11(12)16)7-9-1-3-10(15)4-2-9/h1-4,11H,5-8,16H2. The molecule has 1 fully saturated rings. The molecule has 0 amide bonds. The number of alkyl halides is 2. The maximum Gasteiger partial charge on any atom is 0.275 e. The van der Waals surface area contributed by atoms with Gasteiger partial charge < -0.3 is 5.73 Å². The van der Waals surface area contributed by atoms with Crippen LogP contribution in [0.3, 0.4) is 0 Å². The Hall–Kier alpha value is -0.270. The molecule has 0 spiro atoms. The third kappa shape index (κ3) is 3.35. The van der Waals surface area contributed by atoms with Gasteiger partial charge in [0.1, 0.15) is 0 Å². The van der Waals surface area contributed by atoms with Crippen LogP contribution in [0, 0.1) is 3.57 Å². The van der Waals surface area contributed by atoms with Gasteiger partial charge in [-0.2, -0.15) is 0 Å². The van der Waals surface area contributed by atoms with Gasteiger partial charge in [-0.3, -0.25) is 4.90 Å². The molecular weight excluding hydrogens is 337 g/mol. The summed E-state index contributed by atoms with van der Waals surface area (Å²) in [5.41, 5.74) is 6.48. The van der Waals surface area contributed by atoms with Gasteiger partial charge in [0, 0.05) is 16.7 Å². The first kappa shape index (κ1) is 13.2. The Morgan fingerprint density at radius 3 is 2.59 bits per heavy atom. The first-order valence-electron chi connectivity index (χ1n) is 5.57. The summed E-state index contributed by atoms with van der Waals surface area (Å²) in [6.07, 6.45) is 0.359. The Balaban J connectivity index is 1.98. The predicted octanol–water partition coefficient (Wildman–Crippen LogP) is 2.46. The number of hydrogen-bond acceptors (Lipinski definition) is 2. The van der Waals surface area contributed by atoms with Gasteiger partial charge in [0.2, 0.25) is 0 Å². The van der Waals surface area contributed by atoms with Crippen molar-refractivity contribution < 1.29 is 8.78 Å². The summed E-state index contributed by atoms with van der Waals surface area (Å²) in [5, 5.41) is 0. The monoisotopic (exact) mass is 352 g/mol. The van der Waals surface area contributed by atoms with Crippen molar-refractivity contribution in [2.75, 3.05) is 13.1 Å². The average molecular weight is 352 g/mol. The first-order chi connectivity index (χ1) is 7.97. The Labute approximate surface area is 113 Å². The molecule has 1 saturated heterocycles. The van der Waals surface area contributed by atoms with E-state index in [2.05, 4.69) is 22.6 Å². The molecule has 0 radical (unpaired) electrons. The maximum absolute atomic E-state index is 13.4. The van der Waals surface area contributed by atoms with Crippen LogP contribution in [0.4, 0.5) is 8.78 Å². The molecule has 1 atom stereocenters. The molecule has 2 rings (SSSR count). The molecular formula is C12H15F2IN2. The van der Waals surface area contributed by atoms with Crippen molar-refractivity contribution in [3.05, 3.63) is 33.4 Å². The zero-order valence-electron chi connectivity index (χ0n) is 9.37. The molecule has 1 aromatic rings. The number of hydrogen-bond donors (Lipinski definition) is 1. The molecule has 17 heavy (non-hydrogen) atoms. The third-order valence-corrected chi connectivity index (χ3v) is 3.77. The Bertz CT molecular complexity index is 381. The highest BCUT2D eigenvalue weighted by Gasteiger charge is 2.42. The quantitative estimate of drug-likeness (QED) is 0.829. The van der Waals surface area contributed by atoms with Crippen LogP contribution in [0.25, 0.3) is 0 Å². The topological polar surface area (TPSA) is 29.3 Å². The van der Waals surface area contributed by atoms with Gasteiger partial charge in [0.15, 0.2) is 0 Å². The zero-order valence-corrected chi connectivity index (χ0v) is 11.5. The molecule has 0 aliphatic carbocycles. The van der Waals surface area contributed by atoms with E-state index in [1.54, 1.807) is 4.90 Å². The Kier molecular flexibility index (Phi) is 3.99. The number of nitrogens with zero attached hydrogens (tertiary/aromatic N) is 1. The van der Waals surface area contributed by atoms with E-state index in [9.17, 15) is 8.78 Å². The number of halogens is 3. The number of nitrogens with two attached hydrogens (primary N) is 1. The van der Waals surface area contributed by atoms with Crippen molar-refractivity contribution in [3.63, 3.8) is 0 Å². The largest absolute Gasteiger partial charge is 0.323 e. The molecule has 1 aliphatic heterocycles. The number of likely N-dealkylation sites (tertiary alicyclic amines) is 1. The van der Waals surface area contributed by atoms with Crippen LogP contribution in [0.1, 0.15) is 12.0 Å². The molecule has 2 N–H and O–H groups in total. The van der Waals surface area contributed by atoms with Crippen molar-refractivity contribution in [3.8, 4) is 0 Å². The molecule has 0 bridgehead atoms. The maximum atomic E-state index is 13.4. The second-order valence-electron chi connectivity index (χ2n) is 4.49. The molecule has 0 saturated carbocycles. The van der Waals surface area contributed by atoms with Crippen LogP contribution in [-0.4, -0.2) is 30.0 Å². The lowest BCUT2D eigenvalue weighted by Gasteiger charge is -2.36. The van der Waals surface area contributed by atoms with Gasteiger partial charge in [-0.05, 0) is 46.7 Å². The molecule has 5 heteroatoms. The second-order valence-corrected chi connectivity index (χ2v) is 5.74. The predicted molar refractivity (Wildman–Crippen MR) is 72.0 cm³/mol. The zero-order chi connectivity index (χ0) is 12.5. The van der Waals surface area contributed by atoms with Crippen LogP contribution >= 0.6 is 22.6 Å². The molecule has 0 aromatic heterocycles. The van der Waals surface area contributed by atoms with Crippen LogP contribution < -0.4 is 5.73 Å². The summed E-state index contributed by atoms with van der Waals surface area (Å²) in [4.78, 5) is 1.77. The van der Waals surface area contributed by atoms with Crippen molar-refractivity contribution in [2.24, 2.45) is 5.73 Å². The van der Waals surface area contributed by atoms with Crippen LogP contribution in [0.15, 0.2) is 24.3 Å². The van der Waals surface area contributed by atoms with E-state index < -0.39 is 12.0 Å². The molecule has 2 nitrogen and oxygen atoms in total. The van der Waals surface area contributed by atoms with Crippen LogP contribution in [0.2, 0.25) is 0 Å². The normalized spacial score (nSPS) is 24.8. The number of piperidine rings is 1. The number of benzene rings is 1. The average Bonchev–Trinajstić information content (AvgIpc) is 2.26. The van der Waals surface area contributed by atoms with E-state index in [-0.39, 0.29) is 6.54 Å². The summed E-state index contributed by atoms with van der Waals surface area (Å²) in [6.45, 7) is 0.974. The van der Waals surface area contributed by atoms with Crippen LogP contribution in [-0.2, 0) is 6.54 Å². The summed E-state index contributed by atoms with van der Waals surface area (Å²) in [6, 6.07) is 6.95. The Morgan fingerprint density at radius 2 is 2.00 bits per heavy atom. The van der Waals surface area contributed by atoms with Gasteiger partial charge in [-0.1, -0.05) is 12.1 Å². The fourth-order valence-electron chi connectivity index (χ4n) is 2.01. The smallest absolute Gasteiger partial charge is 0.275 e. The molecule has 1 aliphatic rings. The van der Waals surface area contributed by atoms with Crippen molar-refractivity contribution in [1.29, 1.82) is 0 Å². The van der Waals surface area contributed by atoms with Crippen molar-refractivity contribution in [2.45, 2.75) is 24.9 Å². The third-order valence-electron chi connectivity index (χ3n) is 3.05. The lowest BCUT2D eigenvalue weighted by molar-refractivity contribution is -0.0817.